The number of nitrogens with one attached hydrogen (secondary N) is 1. The van der Waals surface area contributed by atoms with Crippen molar-refractivity contribution in [3.8, 4) is 5.75 Å². The minimum Gasteiger partial charge on any atom is -0.489 e. The van der Waals surface area contributed by atoms with Gasteiger partial charge in [0.1, 0.15) is 18.4 Å². The van der Waals surface area contributed by atoms with E-state index < -0.39 is 22.0 Å². The van der Waals surface area contributed by atoms with Crippen molar-refractivity contribution < 1.29 is 27.5 Å². The number of piperidine rings is 2. The van der Waals surface area contributed by atoms with E-state index in [4.69, 9.17) is 4.74 Å². The van der Waals surface area contributed by atoms with Gasteiger partial charge in [-0.1, -0.05) is 36.4 Å². The Morgan fingerprint density at radius 1 is 0.886 bits per heavy atom. The van der Waals surface area contributed by atoms with E-state index >= 15 is 0 Å². The predicted molar refractivity (Wildman–Crippen MR) is 163 cm³/mol. The van der Waals surface area contributed by atoms with Crippen molar-refractivity contribution in [1.82, 2.24) is 15.1 Å². The number of rotatable bonds is 6. The van der Waals surface area contributed by atoms with Crippen molar-refractivity contribution in [3.63, 3.8) is 0 Å². The lowest BCUT2D eigenvalue weighted by Crippen LogP contribution is -2.52. The minimum atomic E-state index is -3.74. The Morgan fingerprint density at radius 2 is 1.70 bits per heavy atom. The molecule has 3 aromatic carbocycles. The van der Waals surface area contributed by atoms with E-state index in [0.29, 0.717) is 49.0 Å². The SMILES string of the molecule is O=C1CCC(N2Cc3cc(C4CCN(Cc5cccc(S(=O)(=O)N6CCOc7ccccc76)c5)CC4)ccc3C2=O)C(=O)N1. The Hall–Kier alpha value is -4.22. The zero-order valence-corrected chi connectivity index (χ0v) is 25.1. The molecule has 228 valence electrons. The van der Waals surface area contributed by atoms with Gasteiger partial charge in [-0.2, -0.15) is 0 Å². The van der Waals surface area contributed by atoms with Gasteiger partial charge in [-0.3, -0.25) is 28.9 Å². The summed E-state index contributed by atoms with van der Waals surface area (Å²) in [6.07, 6.45) is 2.49. The standard InChI is InChI=1S/C33H34N4O6S/c38-31-11-10-29(32(39)34-31)36-21-25-19-24(8-9-27(25)33(36)40)23-12-14-35(15-13-23)20-22-4-3-5-26(18-22)44(41,42)37-16-17-43-30-7-2-1-6-28(30)37/h1-9,18-19,23,29H,10-17,20-21H2,(H,34,38,39). The molecule has 10 nitrogen and oxygen atoms in total. The Bertz CT molecular complexity index is 1750. The van der Waals surface area contributed by atoms with Crippen LogP contribution in [0.1, 0.15) is 58.6 Å². The highest BCUT2D eigenvalue weighted by molar-refractivity contribution is 7.92. The van der Waals surface area contributed by atoms with Gasteiger partial charge in [0.2, 0.25) is 11.8 Å². The topological polar surface area (TPSA) is 116 Å². The number of hydrogen-bond donors (Lipinski definition) is 1. The Labute approximate surface area is 256 Å². The first-order valence-electron chi connectivity index (χ1n) is 15.1. The van der Waals surface area contributed by atoms with Crippen LogP contribution in [0, 0.1) is 0 Å². The van der Waals surface area contributed by atoms with Gasteiger partial charge in [0.05, 0.1) is 17.1 Å². The summed E-state index contributed by atoms with van der Waals surface area (Å²) >= 11 is 0. The smallest absolute Gasteiger partial charge is 0.264 e. The fraction of sp³-hybridized carbons (Fsp3) is 0.364. The third-order valence-corrected chi connectivity index (χ3v) is 11.0. The highest BCUT2D eigenvalue weighted by Gasteiger charge is 2.39. The maximum absolute atomic E-state index is 13.6. The molecule has 2 fully saturated rings. The van der Waals surface area contributed by atoms with Crippen LogP contribution in [-0.4, -0.2) is 68.2 Å². The van der Waals surface area contributed by atoms with Crippen LogP contribution in [0.25, 0.3) is 0 Å². The van der Waals surface area contributed by atoms with Crippen LogP contribution in [0.2, 0.25) is 0 Å². The second kappa shape index (κ2) is 11.4. The number of anilines is 1. The molecule has 1 atom stereocenters. The van der Waals surface area contributed by atoms with E-state index in [1.54, 1.807) is 29.2 Å². The summed E-state index contributed by atoms with van der Waals surface area (Å²) in [4.78, 5) is 41.2. The first-order chi connectivity index (χ1) is 21.3. The molecule has 4 aliphatic rings. The molecule has 0 aliphatic carbocycles. The lowest BCUT2D eigenvalue weighted by atomic mass is 9.87. The molecule has 4 heterocycles. The Morgan fingerprint density at radius 3 is 2.52 bits per heavy atom. The third kappa shape index (κ3) is 5.24. The molecule has 3 amide bonds. The average molecular weight is 615 g/mol. The van der Waals surface area contributed by atoms with Gasteiger partial charge in [-0.15, -0.1) is 0 Å². The molecule has 0 spiro atoms. The number of benzene rings is 3. The molecule has 1 unspecified atom stereocenters. The van der Waals surface area contributed by atoms with E-state index in [1.807, 2.05) is 36.4 Å². The Balaban J connectivity index is 0.990. The summed E-state index contributed by atoms with van der Waals surface area (Å²) in [6.45, 7) is 3.36. The van der Waals surface area contributed by atoms with Crippen molar-refractivity contribution in [2.75, 3.05) is 30.5 Å². The normalized spacial score (nSPS) is 21.1. The van der Waals surface area contributed by atoms with E-state index in [1.165, 1.54) is 9.87 Å². The largest absolute Gasteiger partial charge is 0.489 e. The molecular weight excluding hydrogens is 580 g/mol. The molecule has 11 heteroatoms. The molecule has 0 bridgehead atoms. The van der Waals surface area contributed by atoms with Gasteiger partial charge < -0.3 is 9.64 Å². The number of likely N-dealkylation sites (tertiary alicyclic amines) is 1. The molecule has 3 aromatic rings. The van der Waals surface area contributed by atoms with Gasteiger partial charge in [0, 0.05) is 25.1 Å². The van der Waals surface area contributed by atoms with Crippen LogP contribution < -0.4 is 14.4 Å². The van der Waals surface area contributed by atoms with Crippen LogP contribution in [-0.2, 0) is 32.7 Å². The molecule has 7 rings (SSSR count). The second-order valence-electron chi connectivity index (χ2n) is 11.9. The highest BCUT2D eigenvalue weighted by atomic mass is 32.2. The van der Waals surface area contributed by atoms with Crippen LogP contribution in [0.5, 0.6) is 5.75 Å². The van der Waals surface area contributed by atoms with Crippen molar-refractivity contribution in [2.24, 2.45) is 0 Å². The molecule has 4 aliphatic heterocycles. The van der Waals surface area contributed by atoms with Crippen LogP contribution in [0.3, 0.4) is 0 Å². The maximum atomic E-state index is 13.6. The van der Waals surface area contributed by atoms with Gasteiger partial charge in [0.25, 0.3) is 15.9 Å². The van der Waals surface area contributed by atoms with Crippen molar-refractivity contribution in [1.29, 1.82) is 0 Å². The maximum Gasteiger partial charge on any atom is 0.264 e. The number of ether oxygens (including phenoxy) is 1. The van der Waals surface area contributed by atoms with Gasteiger partial charge in [0.15, 0.2) is 0 Å². The van der Waals surface area contributed by atoms with E-state index in [0.717, 1.165) is 37.1 Å². The molecular formula is C33H34N4O6S. The first-order valence-corrected chi connectivity index (χ1v) is 16.6. The van der Waals surface area contributed by atoms with Crippen molar-refractivity contribution in [2.45, 2.75) is 55.6 Å². The minimum absolute atomic E-state index is 0.155. The number of carbonyl (C=O) groups excluding carboxylic acids is 3. The number of amides is 3. The van der Waals surface area contributed by atoms with E-state index in [-0.39, 0.29) is 29.7 Å². The monoisotopic (exact) mass is 614 g/mol. The quantitative estimate of drug-likeness (QED) is 0.423. The fourth-order valence-corrected chi connectivity index (χ4v) is 8.39. The number of carbonyl (C=O) groups is 3. The van der Waals surface area contributed by atoms with Crippen LogP contribution in [0.15, 0.2) is 71.6 Å². The van der Waals surface area contributed by atoms with E-state index in [9.17, 15) is 22.8 Å². The summed E-state index contributed by atoms with van der Waals surface area (Å²) in [7, 11) is -3.74. The number of nitrogens with zero attached hydrogens (tertiary/aromatic N) is 3. The number of para-hydroxylation sites is 2. The zero-order valence-electron chi connectivity index (χ0n) is 24.3. The van der Waals surface area contributed by atoms with Gasteiger partial charge >= 0.3 is 0 Å². The molecule has 0 radical (unpaired) electrons. The second-order valence-corrected chi connectivity index (χ2v) is 13.8. The number of fused-ring (bicyclic) bond motifs is 2. The number of imide groups is 1. The molecule has 0 saturated carbocycles. The summed E-state index contributed by atoms with van der Waals surface area (Å²) < 4.78 is 34.4. The zero-order chi connectivity index (χ0) is 30.4. The lowest BCUT2D eigenvalue weighted by Gasteiger charge is -2.33. The van der Waals surface area contributed by atoms with E-state index in [2.05, 4.69) is 16.3 Å². The fourth-order valence-electron chi connectivity index (χ4n) is 6.86. The number of hydrogen-bond acceptors (Lipinski definition) is 7. The highest BCUT2D eigenvalue weighted by Crippen LogP contribution is 2.36. The predicted octanol–water partition coefficient (Wildman–Crippen LogP) is 3.41. The van der Waals surface area contributed by atoms with Gasteiger partial charge in [-0.25, -0.2) is 8.42 Å². The summed E-state index contributed by atoms with van der Waals surface area (Å²) in [5, 5.41) is 2.35. The molecule has 44 heavy (non-hydrogen) atoms. The molecule has 0 aromatic heterocycles. The summed E-state index contributed by atoms with van der Waals surface area (Å²) in [5.41, 5.74) is 4.27. The van der Waals surface area contributed by atoms with Crippen molar-refractivity contribution in [3.05, 3.63) is 89.0 Å². The third-order valence-electron chi connectivity index (χ3n) is 9.19. The van der Waals surface area contributed by atoms with Gasteiger partial charge in [-0.05, 0) is 85.3 Å². The van der Waals surface area contributed by atoms with Crippen LogP contribution >= 0.6 is 0 Å². The lowest BCUT2D eigenvalue weighted by molar-refractivity contribution is -0.136. The summed E-state index contributed by atoms with van der Waals surface area (Å²) in [6, 6.07) is 19.8. The Kier molecular flexibility index (Phi) is 7.37. The molecule has 2 saturated heterocycles. The summed E-state index contributed by atoms with van der Waals surface area (Å²) in [5.74, 6) is 0.0794. The first kappa shape index (κ1) is 28.5. The molecule has 1 N–H and O–H groups in total. The average Bonchev–Trinajstić information content (AvgIpc) is 3.36. The number of sulfonamides is 1. The van der Waals surface area contributed by atoms with Crippen molar-refractivity contribution >= 4 is 33.4 Å². The van der Waals surface area contributed by atoms with Crippen LogP contribution in [0.4, 0.5) is 5.69 Å².